The lowest BCUT2D eigenvalue weighted by Crippen LogP contribution is -2.40. The Bertz CT molecular complexity index is 1370. The van der Waals surface area contributed by atoms with Crippen LogP contribution in [0.15, 0.2) is 112 Å². The van der Waals surface area contributed by atoms with Crippen LogP contribution in [0.25, 0.3) is 11.8 Å². The zero-order valence-electron chi connectivity index (χ0n) is 19.9. The number of hydrogen-bond acceptors (Lipinski definition) is 5. The van der Waals surface area contributed by atoms with Crippen molar-refractivity contribution < 1.29 is 4.74 Å². The van der Waals surface area contributed by atoms with E-state index in [0.717, 1.165) is 41.0 Å². The topological polar surface area (TPSA) is 28.1 Å². The molecule has 0 unspecified atom stereocenters. The van der Waals surface area contributed by atoms with Gasteiger partial charge in [0.1, 0.15) is 5.75 Å². The third-order valence-corrected chi connectivity index (χ3v) is 7.49. The van der Waals surface area contributed by atoms with E-state index in [0.29, 0.717) is 0 Å². The van der Waals surface area contributed by atoms with Gasteiger partial charge in [-0.25, -0.2) is 4.99 Å². The van der Waals surface area contributed by atoms with Gasteiger partial charge in [-0.2, -0.15) is 0 Å². The maximum Gasteiger partial charge on any atom is 0.174 e. The van der Waals surface area contributed by atoms with Gasteiger partial charge in [-0.15, -0.1) is 0 Å². The summed E-state index contributed by atoms with van der Waals surface area (Å²) in [5.41, 5.74) is 8.53. The molecule has 35 heavy (non-hydrogen) atoms. The maximum absolute atomic E-state index is 5.53. The molecule has 0 bridgehead atoms. The highest BCUT2D eigenvalue weighted by molar-refractivity contribution is 8.16. The van der Waals surface area contributed by atoms with Crippen molar-refractivity contribution in [2.24, 2.45) is 4.99 Å². The van der Waals surface area contributed by atoms with Gasteiger partial charge in [0.25, 0.3) is 0 Å². The highest BCUT2D eigenvalue weighted by atomic mass is 32.2. The van der Waals surface area contributed by atoms with Crippen LogP contribution in [0.4, 0.5) is 0 Å². The van der Waals surface area contributed by atoms with Crippen LogP contribution in [0, 0.1) is 0 Å². The van der Waals surface area contributed by atoms with Gasteiger partial charge in [0.05, 0.1) is 24.5 Å². The predicted octanol–water partition coefficient (Wildman–Crippen LogP) is 6.44. The summed E-state index contributed by atoms with van der Waals surface area (Å²) in [6, 6.07) is 29.8. The second kappa shape index (κ2) is 9.25. The van der Waals surface area contributed by atoms with Gasteiger partial charge in [0.2, 0.25) is 0 Å². The van der Waals surface area contributed by atoms with Crippen molar-refractivity contribution in [3.05, 3.63) is 124 Å². The van der Waals surface area contributed by atoms with E-state index in [9.17, 15) is 0 Å². The molecule has 0 aromatic heterocycles. The molecule has 0 saturated carbocycles. The van der Waals surface area contributed by atoms with E-state index in [1.807, 2.05) is 6.07 Å². The van der Waals surface area contributed by atoms with E-state index in [1.54, 1.807) is 18.9 Å². The number of amidine groups is 1. The van der Waals surface area contributed by atoms with E-state index < -0.39 is 0 Å². The number of rotatable bonds is 4. The van der Waals surface area contributed by atoms with E-state index in [1.165, 1.54) is 22.3 Å². The van der Waals surface area contributed by atoms with Crippen LogP contribution in [0.1, 0.15) is 22.7 Å². The number of likely N-dealkylation sites (N-methyl/N-ethyl adjacent to an activating group) is 1. The molecule has 0 spiro atoms. The molecule has 0 radical (unpaired) electrons. The first-order valence-corrected chi connectivity index (χ1v) is 12.7. The van der Waals surface area contributed by atoms with Crippen LogP contribution >= 0.6 is 11.8 Å². The molecule has 1 atom stereocenters. The summed E-state index contributed by atoms with van der Waals surface area (Å²) in [7, 11) is 3.91. The van der Waals surface area contributed by atoms with Gasteiger partial charge >= 0.3 is 0 Å². The minimum atomic E-state index is 0.0769. The molecular formula is C30H27N3OS. The Labute approximate surface area is 210 Å². The first-order chi connectivity index (χ1) is 17.2. The first kappa shape index (κ1) is 22.0. The standard InChI is InChI=1S/C30H27N3OS/c1-32-18-24(16-21-10-5-3-6-11-21)28-26(19-32)29(22-12-7-4-8-13-22)33-27(20-35-30(33)31-28)23-14-9-15-25(17-23)34-2/h3-17,20,29H,18-19H2,1-2H3/b24-16+/t29-/m0/s1. The lowest BCUT2D eigenvalue weighted by molar-refractivity contribution is 0.344. The Morgan fingerprint density at radius 1 is 0.943 bits per heavy atom. The molecule has 5 heteroatoms. The number of benzene rings is 3. The molecule has 3 aliphatic heterocycles. The highest BCUT2D eigenvalue weighted by Crippen LogP contribution is 2.49. The summed E-state index contributed by atoms with van der Waals surface area (Å²) in [5.74, 6) is 0.859. The van der Waals surface area contributed by atoms with E-state index in [-0.39, 0.29) is 6.04 Å². The van der Waals surface area contributed by atoms with Crippen molar-refractivity contribution in [1.82, 2.24) is 9.80 Å². The van der Waals surface area contributed by atoms with Crippen LogP contribution in [0.2, 0.25) is 0 Å². The van der Waals surface area contributed by atoms with Crippen molar-refractivity contribution in [2.45, 2.75) is 6.04 Å². The van der Waals surface area contributed by atoms with Gasteiger partial charge in [-0.3, -0.25) is 4.90 Å². The number of nitrogens with zero attached hydrogens (tertiary/aromatic N) is 3. The smallest absolute Gasteiger partial charge is 0.174 e. The van der Waals surface area contributed by atoms with Crippen LogP contribution < -0.4 is 4.74 Å². The summed E-state index contributed by atoms with van der Waals surface area (Å²) in [6.45, 7) is 1.76. The van der Waals surface area contributed by atoms with E-state index in [2.05, 4.69) is 107 Å². The zero-order valence-corrected chi connectivity index (χ0v) is 20.7. The Hall–Kier alpha value is -3.54. The molecule has 0 fully saturated rings. The number of hydrogen-bond donors (Lipinski definition) is 0. The molecule has 3 aromatic carbocycles. The van der Waals surface area contributed by atoms with Crippen molar-refractivity contribution in [3.8, 4) is 5.75 Å². The van der Waals surface area contributed by atoms with Gasteiger partial charge in [0.15, 0.2) is 5.17 Å². The SMILES string of the molecule is COc1cccc(C2=CSC3=NC4=C(CN(C)C/C4=C\c4ccccc4)[C@H](c4ccccc4)N23)c1. The molecule has 0 amide bonds. The summed E-state index contributed by atoms with van der Waals surface area (Å²) >= 11 is 1.70. The Morgan fingerprint density at radius 2 is 1.71 bits per heavy atom. The monoisotopic (exact) mass is 477 g/mol. The Morgan fingerprint density at radius 3 is 2.49 bits per heavy atom. The molecule has 0 saturated heterocycles. The van der Waals surface area contributed by atoms with Gasteiger partial charge < -0.3 is 9.64 Å². The highest BCUT2D eigenvalue weighted by Gasteiger charge is 2.41. The third-order valence-electron chi connectivity index (χ3n) is 6.65. The summed E-state index contributed by atoms with van der Waals surface area (Å²) in [6.07, 6.45) is 2.29. The molecule has 0 aliphatic carbocycles. The fraction of sp³-hybridized carbons (Fsp3) is 0.167. The first-order valence-electron chi connectivity index (χ1n) is 11.8. The number of aliphatic imine (C=N–C) groups is 1. The molecule has 3 aromatic rings. The van der Waals surface area contributed by atoms with Crippen LogP contribution in [-0.4, -0.2) is 42.2 Å². The summed E-state index contributed by atoms with van der Waals surface area (Å²) < 4.78 is 5.53. The number of ether oxygens (including phenoxy) is 1. The lowest BCUT2D eigenvalue weighted by Gasteiger charge is -2.42. The molecule has 3 aliphatic rings. The largest absolute Gasteiger partial charge is 0.497 e. The minimum Gasteiger partial charge on any atom is -0.497 e. The Balaban J connectivity index is 1.50. The lowest BCUT2D eigenvalue weighted by atomic mass is 9.88. The second-order valence-corrected chi connectivity index (χ2v) is 9.89. The van der Waals surface area contributed by atoms with E-state index >= 15 is 0 Å². The second-order valence-electron chi connectivity index (χ2n) is 9.06. The molecule has 6 rings (SSSR count). The number of fused-ring (bicyclic) bond motifs is 1. The fourth-order valence-electron chi connectivity index (χ4n) is 5.10. The Kier molecular flexibility index (Phi) is 5.80. The predicted molar refractivity (Wildman–Crippen MR) is 146 cm³/mol. The quantitative estimate of drug-likeness (QED) is 0.432. The minimum absolute atomic E-state index is 0.0769. The normalized spacial score (nSPS) is 20.9. The van der Waals surface area contributed by atoms with Crippen LogP contribution in [0.3, 0.4) is 0 Å². The number of methoxy groups -OCH3 is 1. The van der Waals surface area contributed by atoms with Crippen molar-refractivity contribution in [3.63, 3.8) is 0 Å². The average molecular weight is 478 g/mol. The fourth-order valence-corrected chi connectivity index (χ4v) is 6.03. The molecule has 4 nitrogen and oxygen atoms in total. The summed E-state index contributed by atoms with van der Waals surface area (Å²) in [5, 5.41) is 3.26. The van der Waals surface area contributed by atoms with E-state index in [4.69, 9.17) is 9.73 Å². The van der Waals surface area contributed by atoms with Crippen LogP contribution in [-0.2, 0) is 0 Å². The van der Waals surface area contributed by atoms with Crippen LogP contribution in [0.5, 0.6) is 5.75 Å². The zero-order chi connectivity index (χ0) is 23.8. The third kappa shape index (κ3) is 4.11. The average Bonchev–Trinajstić information content (AvgIpc) is 3.32. The van der Waals surface area contributed by atoms with Gasteiger partial charge in [-0.1, -0.05) is 84.6 Å². The molecular weight excluding hydrogens is 450 g/mol. The summed E-state index contributed by atoms with van der Waals surface area (Å²) in [4.78, 5) is 10.1. The van der Waals surface area contributed by atoms with Gasteiger partial charge in [-0.05, 0) is 47.5 Å². The van der Waals surface area contributed by atoms with Crippen molar-refractivity contribution in [2.75, 3.05) is 27.2 Å². The van der Waals surface area contributed by atoms with Crippen molar-refractivity contribution >= 4 is 28.7 Å². The number of thioether (sulfide) groups is 1. The van der Waals surface area contributed by atoms with Gasteiger partial charge in [0, 0.05) is 24.1 Å². The molecule has 174 valence electrons. The molecule has 3 heterocycles. The maximum atomic E-state index is 5.53. The molecule has 0 N–H and O–H groups in total. The van der Waals surface area contributed by atoms with Crippen molar-refractivity contribution in [1.29, 1.82) is 0 Å².